The fourth-order valence-corrected chi connectivity index (χ4v) is 1.02. The van der Waals surface area contributed by atoms with Crippen LogP contribution in [0, 0.1) is 12.8 Å². The highest BCUT2D eigenvalue weighted by Crippen LogP contribution is 2.02. The summed E-state index contributed by atoms with van der Waals surface area (Å²) in [4.78, 5) is 38.0. The monoisotopic (exact) mass is 566 g/mol. The van der Waals surface area contributed by atoms with Crippen molar-refractivity contribution in [3.8, 4) is 12.8 Å². The van der Waals surface area contributed by atoms with Crippen LogP contribution in [-0.4, -0.2) is 172 Å². The first-order chi connectivity index (χ1) is 17.8. The van der Waals surface area contributed by atoms with Crippen molar-refractivity contribution >= 4 is 25.1 Å². The average molecular weight is 567 g/mol. The molecule has 18 heteroatoms. The van der Waals surface area contributed by atoms with E-state index in [1.807, 2.05) is 0 Å². The SMILES string of the molecule is C#C.O/C=C/O.O=CC(O)C(O)C(O)C(O)CO.O=CC(O)C(O)CO.O=CC(O)C(O)CO.O=CCO. The number of aldehydes is 4. The Kier molecular flexibility index (Phi) is 49.0. The van der Waals surface area contributed by atoms with E-state index in [1.165, 1.54) is 0 Å². The maximum atomic E-state index is 9.90. The highest BCUT2D eigenvalue weighted by atomic mass is 16.4. The Morgan fingerprint density at radius 2 is 0.763 bits per heavy atom. The molecule has 0 bridgehead atoms. The summed E-state index contributed by atoms with van der Waals surface area (Å²) in [6.07, 6.45) is -2.56. The number of carbonyl (C=O) groups excluding carboxylic acids is 4. The van der Waals surface area contributed by atoms with E-state index in [-0.39, 0.29) is 25.5 Å². The molecule has 0 aromatic carbocycles. The van der Waals surface area contributed by atoms with Crippen LogP contribution in [0.15, 0.2) is 12.5 Å². The van der Waals surface area contributed by atoms with Crippen molar-refractivity contribution in [1.29, 1.82) is 0 Å². The summed E-state index contributed by atoms with van der Waals surface area (Å²) in [5, 5.41) is 116. The smallest absolute Gasteiger partial charge is 0.151 e. The predicted octanol–water partition coefficient (Wildman–Crippen LogP) is -7.58. The van der Waals surface area contributed by atoms with E-state index in [2.05, 4.69) is 12.8 Å². The maximum absolute atomic E-state index is 9.90. The number of aliphatic hydroxyl groups is 14. The molecular weight excluding hydrogens is 528 g/mol. The molecule has 0 spiro atoms. The Labute approximate surface area is 217 Å². The van der Waals surface area contributed by atoms with Crippen molar-refractivity contribution in [3.63, 3.8) is 0 Å². The summed E-state index contributed by atoms with van der Waals surface area (Å²) in [5.41, 5.74) is 0. The number of hydrogen-bond donors (Lipinski definition) is 14. The maximum Gasteiger partial charge on any atom is 0.151 e. The lowest BCUT2D eigenvalue weighted by molar-refractivity contribution is -0.136. The van der Waals surface area contributed by atoms with Gasteiger partial charge in [-0.1, -0.05) is 0 Å². The summed E-state index contributed by atoms with van der Waals surface area (Å²) in [7, 11) is 0. The van der Waals surface area contributed by atoms with Crippen LogP contribution >= 0.6 is 0 Å². The zero-order valence-corrected chi connectivity index (χ0v) is 20.0. The molecule has 0 aliphatic carbocycles. The molecule has 0 heterocycles. The Bertz CT molecular complexity index is 533. The van der Waals surface area contributed by atoms with E-state index >= 15 is 0 Å². The summed E-state index contributed by atoms with van der Waals surface area (Å²) in [6.45, 7) is -2.32. The van der Waals surface area contributed by atoms with Crippen LogP contribution in [0.1, 0.15) is 0 Å². The first-order valence-electron chi connectivity index (χ1n) is 9.76. The topological polar surface area (TPSA) is 352 Å². The summed E-state index contributed by atoms with van der Waals surface area (Å²) in [5.74, 6) is 0. The van der Waals surface area contributed by atoms with Crippen molar-refractivity contribution in [1.82, 2.24) is 0 Å². The molecule has 0 aliphatic heterocycles. The molecule has 18 nitrogen and oxygen atoms in total. The third-order valence-electron chi connectivity index (χ3n) is 3.00. The van der Waals surface area contributed by atoms with Gasteiger partial charge in [-0.2, -0.15) is 0 Å². The van der Waals surface area contributed by atoms with Crippen LogP contribution in [0.25, 0.3) is 0 Å². The number of carbonyl (C=O) groups is 4. The number of hydrogen-bond acceptors (Lipinski definition) is 18. The van der Waals surface area contributed by atoms with Crippen molar-refractivity contribution in [2.75, 3.05) is 26.4 Å². The molecule has 0 fully saturated rings. The third kappa shape index (κ3) is 35.3. The van der Waals surface area contributed by atoms with Crippen LogP contribution in [0.2, 0.25) is 0 Å². The molecule has 14 N–H and O–H groups in total. The Morgan fingerprint density at radius 3 is 0.895 bits per heavy atom. The quantitative estimate of drug-likeness (QED) is 0.0592. The fourth-order valence-electron chi connectivity index (χ4n) is 1.02. The van der Waals surface area contributed by atoms with E-state index in [0.717, 1.165) is 0 Å². The Hall–Kier alpha value is -2.90. The highest BCUT2D eigenvalue weighted by Gasteiger charge is 2.29. The summed E-state index contributed by atoms with van der Waals surface area (Å²) in [6, 6.07) is 0. The van der Waals surface area contributed by atoms with Crippen molar-refractivity contribution in [2.45, 2.75) is 48.8 Å². The van der Waals surface area contributed by atoms with Crippen molar-refractivity contribution < 1.29 is 90.7 Å². The molecular formula is C20H38O18. The minimum Gasteiger partial charge on any atom is -0.512 e. The van der Waals surface area contributed by atoms with E-state index in [1.54, 1.807) is 0 Å². The van der Waals surface area contributed by atoms with Crippen molar-refractivity contribution in [3.05, 3.63) is 12.5 Å². The van der Waals surface area contributed by atoms with Gasteiger partial charge in [-0.05, 0) is 0 Å². The van der Waals surface area contributed by atoms with Gasteiger partial charge in [0.15, 0.2) is 18.9 Å². The van der Waals surface area contributed by atoms with Gasteiger partial charge in [0, 0.05) is 0 Å². The van der Waals surface area contributed by atoms with Crippen LogP contribution in [0.3, 0.4) is 0 Å². The molecule has 0 amide bonds. The number of terminal acetylenes is 1. The van der Waals surface area contributed by atoms with Crippen LogP contribution in [0.5, 0.6) is 0 Å². The third-order valence-corrected chi connectivity index (χ3v) is 3.00. The van der Waals surface area contributed by atoms with Gasteiger partial charge in [0.25, 0.3) is 0 Å². The Morgan fingerprint density at radius 1 is 0.500 bits per heavy atom. The second-order valence-electron chi connectivity index (χ2n) is 5.76. The molecule has 0 radical (unpaired) electrons. The molecule has 0 saturated heterocycles. The van der Waals surface area contributed by atoms with Gasteiger partial charge in [0.2, 0.25) is 0 Å². The first-order valence-corrected chi connectivity index (χ1v) is 9.76. The second kappa shape index (κ2) is 38.6. The first kappa shape index (κ1) is 48.2. The van der Waals surface area contributed by atoms with Gasteiger partial charge >= 0.3 is 0 Å². The lowest BCUT2D eigenvalue weighted by atomic mass is 10.0. The van der Waals surface area contributed by atoms with Crippen LogP contribution in [0.4, 0.5) is 0 Å². The standard InChI is InChI=1S/C6H12O6.2C4H8O4.2C2H4O2.C2H2/c7-1-3(9)5(11)6(12)4(10)2-8;2*5-1-3(7)4(8)2-6;2*3-1-2-4;1-2/h1,3-6,8-12H,2H2;2*1,3-4,6-8H,2H2;1,4H,2H2;1-4H;1-2H/b;;;;2-1+;. The van der Waals surface area contributed by atoms with Gasteiger partial charge in [-0.15, -0.1) is 12.8 Å². The van der Waals surface area contributed by atoms with Gasteiger partial charge in [-0.3, -0.25) is 0 Å². The largest absolute Gasteiger partial charge is 0.512 e. The molecule has 0 saturated carbocycles. The minimum absolute atomic E-state index is 0.0258. The van der Waals surface area contributed by atoms with Gasteiger partial charge in [0.1, 0.15) is 67.6 Å². The normalized spacial score (nSPS) is 15.6. The molecule has 0 aromatic rings. The van der Waals surface area contributed by atoms with Crippen LogP contribution < -0.4 is 0 Å². The summed E-state index contributed by atoms with van der Waals surface area (Å²) < 4.78 is 0. The zero-order valence-electron chi connectivity index (χ0n) is 20.0. The number of rotatable bonds is 12. The fraction of sp³-hybridized carbons (Fsp3) is 0.600. The van der Waals surface area contributed by atoms with E-state index in [9.17, 15) is 14.4 Å². The molecule has 38 heavy (non-hydrogen) atoms. The van der Waals surface area contributed by atoms with E-state index in [0.29, 0.717) is 18.8 Å². The molecule has 8 atom stereocenters. The predicted molar refractivity (Wildman–Crippen MR) is 125 cm³/mol. The Balaban J connectivity index is -0.0000000875. The van der Waals surface area contributed by atoms with Crippen molar-refractivity contribution in [2.24, 2.45) is 0 Å². The molecule has 0 aliphatic rings. The van der Waals surface area contributed by atoms with Gasteiger partial charge in [-0.25, -0.2) is 0 Å². The molecule has 0 rings (SSSR count). The van der Waals surface area contributed by atoms with Gasteiger partial charge < -0.3 is 90.7 Å². The average Bonchev–Trinajstić information content (AvgIpc) is 2.99. The van der Waals surface area contributed by atoms with E-state index < -0.39 is 68.7 Å². The minimum atomic E-state index is -1.79. The van der Waals surface area contributed by atoms with E-state index in [4.69, 9.17) is 76.3 Å². The second-order valence-corrected chi connectivity index (χ2v) is 5.76. The molecule has 0 aromatic heterocycles. The van der Waals surface area contributed by atoms with Gasteiger partial charge in [0.05, 0.1) is 26.4 Å². The van der Waals surface area contributed by atoms with Crippen LogP contribution in [-0.2, 0) is 19.2 Å². The number of aliphatic hydroxyl groups excluding tert-OH is 14. The highest BCUT2D eigenvalue weighted by molar-refractivity contribution is 5.57. The molecule has 226 valence electrons. The molecule has 8 unspecified atom stereocenters. The lowest BCUT2D eigenvalue weighted by Crippen LogP contribution is -2.46. The summed E-state index contributed by atoms with van der Waals surface area (Å²) >= 11 is 0. The lowest BCUT2D eigenvalue weighted by Gasteiger charge is -2.22. The zero-order chi connectivity index (χ0) is 31.7.